The SMILES string of the molecule is N#Cc1cc(Br)ccc1N1C(=O)c2ccc(N)cc2C1=O. The van der Waals surface area contributed by atoms with E-state index in [-0.39, 0.29) is 16.8 Å². The third-order valence-electron chi connectivity index (χ3n) is 3.23. The molecule has 0 fully saturated rings. The highest BCUT2D eigenvalue weighted by Crippen LogP contribution is 2.32. The van der Waals surface area contributed by atoms with Crippen molar-refractivity contribution in [3.63, 3.8) is 0 Å². The molecule has 6 heteroatoms. The molecule has 2 aromatic carbocycles. The summed E-state index contributed by atoms with van der Waals surface area (Å²) in [7, 11) is 0. The highest BCUT2D eigenvalue weighted by molar-refractivity contribution is 9.10. The molecule has 0 radical (unpaired) electrons. The van der Waals surface area contributed by atoms with E-state index in [0.717, 1.165) is 4.90 Å². The number of carbonyl (C=O) groups is 2. The first kappa shape index (κ1) is 13.3. The van der Waals surface area contributed by atoms with Gasteiger partial charge in [-0.05, 0) is 36.4 Å². The molecule has 2 amide bonds. The average Bonchev–Trinajstić information content (AvgIpc) is 2.71. The van der Waals surface area contributed by atoms with Gasteiger partial charge in [0, 0.05) is 10.2 Å². The molecule has 1 aliphatic heterocycles. The van der Waals surface area contributed by atoms with Crippen LogP contribution in [0, 0.1) is 11.3 Å². The number of hydrogen-bond acceptors (Lipinski definition) is 4. The molecule has 0 spiro atoms. The number of benzene rings is 2. The molecule has 3 rings (SSSR count). The first-order chi connectivity index (χ1) is 10.0. The van der Waals surface area contributed by atoms with Gasteiger partial charge in [0.25, 0.3) is 11.8 Å². The fraction of sp³-hybridized carbons (Fsp3) is 0. The number of nitrogen functional groups attached to an aromatic ring is 1. The summed E-state index contributed by atoms with van der Waals surface area (Å²) in [4.78, 5) is 25.9. The summed E-state index contributed by atoms with van der Waals surface area (Å²) < 4.78 is 0.698. The van der Waals surface area contributed by atoms with E-state index < -0.39 is 11.8 Å². The minimum Gasteiger partial charge on any atom is -0.399 e. The summed E-state index contributed by atoms with van der Waals surface area (Å²) in [6, 6.07) is 11.4. The Morgan fingerprint density at radius 1 is 1.05 bits per heavy atom. The van der Waals surface area contributed by atoms with Crippen LogP contribution in [0.1, 0.15) is 26.3 Å². The van der Waals surface area contributed by atoms with Crippen molar-refractivity contribution < 1.29 is 9.59 Å². The van der Waals surface area contributed by atoms with Crippen molar-refractivity contribution in [2.75, 3.05) is 10.6 Å². The summed E-state index contributed by atoms with van der Waals surface area (Å²) in [6.07, 6.45) is 0. The van der Waals surface area contributed by atoms with Gasteiger partial charge >= 0.3 is 0 Å². The molecule has 0 saturated carbocycles. The van der Waals surface area contributed by atoms with Gasteiger partial charge in [0.1, 0.15) is 6.07 Å². The van der Waals surface area contributed by atoms with E-state index in [0.29, 0.717) is 15.7 Å². The molecule has 1 heterocycles. The Bertz CT molecular complexity index is 839. The number of nitrogens with zero attached hydrogens (tertiary/aromatic N) is 2. The van der Waals surface area contributed by atoms with Crippen molar-refractivity contribution in [3.8, 4) is 6.07 Å². The second-order valence-corrected chi connectivity index (χ2v) is 5.44. The Morgan fingerprint density at radius 3 is 2.48 bits per heavy atom. The second kappa shape index (κ2) is 4.72. The highest BCUT2D eigenvalue weighted by atomic mass is 79.9. The molecule has 0 saturated heterocycles. The molecule has 0 aromatic heterocycles. The van der Waals surface area contributed by atoms with Crippen molar-refractivity contribution in [2.24, 2.45) is 0 Å². The molecular weight excluding hydrogens is 334 g/mol. The van der Waals surface area contributed by atoms with E-state index in [9.17, 15) is 14.9 Å². The molecule has 5 nitrogen and oxygen atoms in total. The van der Waals surface area contributed by atoms with E-state index in [1.165, 1.54) is 12.1 Å². The average molecular weight is 342 g/mol. The lowest BCUT2D eigenvalue weighted by Crippen LogP contribution is -2.30. The van der Waals surface area contributed by atoms with Crippen molar-refractivity contribution >= 4 is 39.1 Å². The lowest BCUT2D eigenvalue weighted by molar-refractivity contribution is 0.0926. The van der Waals surface area contributed by atoms with Gasteiger partial charge in [-0.15, -0.1) is 0 Å². The normalized spacial score (nSPS) is 13.2. The summed E-state index contributed by atoms with van der Waals surface area (Å²) in [6.45, 7) is 0. The lowest BCUT2D eigenvalue weighted by Gasteiger charge is -2.15. The fourth-order valence-electron chi connectivity index (χ4n) is 2.27. The van der Waals surface area contributed by atoms with E-state index in [2.05, 4.69) is 15.9 Å². The van der Waals surface area contributed by atoms with E-state index in [4.69, 9.17) is 5.73 Å². The number of nitrogens with two attached hydrogens (primary N) is 1. The zero-order valence-corrected chi connectivity index (χ0v) is 12.2. The van der Waals surface area contributed by atoms with Crippen molar-refractivity contribution in [2.45, 2.75) is 0 Å². The minimum absolute atomic E-state index is 0.242. The molecule has 0 bridgehead atoms. The van der Waals surface area contributed by atoms with E-state index >= 15 is 0 Å². The number of nitriles is 1. The Kier molecular flexibility index (Phi) is 3.00. The smallest absolute Gasteiger partial charge is 0.266 e. The third-order valence-corrected chi connectivity index (χ3v) is 3.72. The van der Waals surface area contributed by atoms with Crippen molar-refractivity contribution in [1.82, 2.24) is 0 Å². The Morgan fingerprint density at radius 2 is 1.76 bits per heavy atom. The molecule has 0 aliphatic carbocycles. The largest absolute Gasteiger partial charge is 0.399 e. The highest BCUT2D eigenvalue weighted by Gasteiger charge is 2.37. The summed E-state index contributed by atoms with van der Waals surface area (Å²) in [5.74, 6) is -0.921. The molecule has 0 atom stereocenters. The molecule has 0 unspecified atom stereocenters. The topological polar surface area (TPSA) is 87.2 Å². The second-order valence-electron chi connectivity index (χ2n) is 4.52. The van der Waals surface area contributed by atoms with Crippen molar-refractivity contribution in [3.05, 3.63) is 57.6 Å². The molecule has 2 N–H and O–H groups in total. The predicted octanol–water partition coefficient (Wildman–Crippen LogP) is 2.70. The van der Waals surface area contributed by atoms with Gasteiger partial charge in [0.05, 0.1) is 22.4 Å². The number of imide groups is 1. The standard InChI is InChI=1S/C15H8BrN3O2/c16-9-1-4-13(8(5-9)7-17)19-14(20)11-3-2-10(18)6-12(11)15(19)21/h1-6H,18H2. The molecule has 2 aromatic rings. The maximum Gasteiger partial charge on any atom is 0.266 e. The maximum atomic E-state index is 12.4. The van der Waals surface area contributed by atoms with Crippen LogP contribution >= 0.6 is 15.9 Å². The van der Waals surface area contributed by atoms with Crippen LogP contribution in [0.5, 0.6) is 0 Å². The van der Waals surface area contributed by atoms with Gasteiger partial charge in [-0.2, -0.15) is 5.26 Å². The zero-order chi connectivity index (χ0) is 15.1. The lowest BCUT2D eigenvalue weighted by atomic mass is 10.1. The van der Waals surface area contributed by atoms with Crippen molar-refractivity contribution in [1.29, 1.82) is 5.26 Å². The maximum absolute atomic E-state index is 12.4. The Hall–Kier alpha value is -2.65. The minimum atomic E-state index is -0.471. The van der Waals surface area contributed by atoms with E-state index in [1.807, 2.05) is 6.07 Å². The summed E-state index contributed by atoms with van der Waals surface area (Å²) in [5.41, 5.74) is 7.13. The third kappa shape index (κ3) is 1.99. The quantitative estimate of drug-likeness (QED) is 0.638. The first-order valence-corrected chi connectivity index (χ1v) is 6.80. The zero-order valence-electron chi connectivity index (χ0n) is 10.6. The first-order valence-electron chi connectivity index (χ1n) is 6.01. The van der Waals surface area contributed by atoms with Crippen LogP contribution in [0.3, 0.4) is 0 Å². The monoisotopic (exact) mass is 341 g/mol. The summed E-state index contributed by atoms with van der Waals surface area (Å²) in [5, 5.41) is 9.20. The van der Waals surface area contributed by atoms with Gasteiger partial charge in [-0.1, -0.05) is 15.9 Å². The van der Waals surface area contributed by atoms with Crippen LogP contribution in [-0.4, -0.2) is 11.8 Å². The van der Waals surface area contributed by atoms with Gasteiger partial charge in [-0.25, -0.2) is 4.90 Å². The van der Waals surface area contributed by atoms with Crippen LogP contribution in [0.15, 0.2) is 40.9 Å². The Labute approximate surface area is 128 Å². The van der Waals surface area contributed by atoms with Gasteiger partial charge in [-0.3, -0.25) is 9.59 Å². The molecular formula is C15H8BrN3O2. The van der Waals surface area contributed by atoms with Crippen LogP contribution in [0.25, 0.3) is 0 Å². The predicted molar refractivity (Wildman–Crippen MR) is 80.9 cm³/mol. The number of halogens is 1. The number of fused-ring (bicyclic) bond motifs is 1. The van der Waals surface area contributed by atoms with Gasteiger partial charge in [0.2, 0.25) is 0 Å². The van der Waals surface area contributed by atoms with Gasteiger partial charge < -0.3 is 5.73 Å². The van der Waals surface area contributed by atoms with Crippen LogP contribution < -0.4 is 10.6 Å². The summed E-state index contributed by atoms with van der Waals surface area (Å²) >= 11 is 3.26. The number of carbonyl (C=O) groups excluding carboxylic acids is 2. The Balaban J connectivity index is 2.17. The van der Waals surface area contributed by atoms with Crippen LogP contribution in [0.2, 0.25) is 0 Å². The van der Waals surface area contributed by atoms with Crippen LogP contribution in [-0.2, 0) is 0 Å². The molecule has 21 heavy (non-hydrogen) atoms. The number of rotatable bonds is 1. The van der Waals surface area contributed by atoms with Gasteiger partial charge in [0.15, 0.2) is 0 Å². The number of amides is 2. The molecule has 102 valence electrons. The van der Waals surface area contributed by atoms with Crippen LogP contribution in [0.4, 0.5) is 11.4 Å². The number of anilines is 2. The van der Waals surface area contributed by atoms with E-state index in [1.54, 1.807) is 24.3 Å². The number of hydrogen-bond donors (Lipinski definition) is 1. The fourth-order valence-corrected chi connectivity index (χ4v) is 2.63. The molecule has 1 aliphatic rings.